The van der Waals surface area contributed by atoms with Crippen LogP contribution in [0.3, 0.4) is 0 Å². The molecular formula is C15H20F4O5S. The van der Waals surface area contributed by atoms with Gasteiger partial charge in [0.1, 0.15) is 5.75 Å². The van der Waals surface area contributed by atoms with E-state index >= 15 is 0 Å². The van der Waals surface area contributed by atoms with Crippen LogP contribution in [-0.4, -0.2) is 37.9 Å². The third-order valence-corrected chi connectivity index (χ3v) is 4.58. The number of hydrogen-bond acceptors (Lipinski definition) is 4. The fraction of sp³-hybridized carbons (Fsp3) is 0.600. The third-order valence-electron chi connectivity index (χ3n) is 3.63. The number of halogens is 4. The molecule has 5 nitrogen and oxygen atoms in total. The maximum atomic E-state index is 13.4. The molecule has 0 saturated heterocycles. The molecule has 0 atom stereocenters. The van der Waals surface area contributed by atoms with Crippen molar-refractivity contribution in [2.24, 2.45) is 0 Å². The lowest BCUT2D eigenvalue weighted by molar-refractivity contribution is -0.167. The van der Waals surface area contributed by atoms with E-state index in [1.807, 2.05) is 0 Å². The third kappa shape index (κ3) is 5.05. The Labute approximate surface area is 143 Å². The summed E-state index contributed by atoms with van der Waals surface area (Å²) in [5.74, 6) is -4.29. The van der Waals surface area contributed by atoms with Crippen LogP contribution < -0.4 is 4.74 Å². The standard InChI is InChI=1S/C15H20F4O5S/c1-13(2,11-5-7-12(23-3)8-6-11)24-10-4-9-14(16,17)15(18,19)25(20,21)22/h5-8H,4,9-10H2,1-3H3,(H,20,21,22). The molecule has 1 N–H and O–H groups in total. The van der Waals surface area contributed by atoms with E-state index in [2.05, 4.69) is 0 Å². The number of benzene rings is 1. The number of ether oxygens (including phenoxy) is 2. The highest BCUT2D eigenvalue weighted by Crippen LogP contribution is 2.41. The van der Waals surface area contributed by atoms with Crippen LogP contribution in [-0.2, 0) is 20.5 Å². The zero-order valence-electron chi connectivity index (χ0n) is 13.9. The minimum absolute atomic E-state index is 0.309. The van der Waals surface area contributed by atoms with E-state index in [-0.39, 0.29) is 6.61 Å². The number of alkyl halides is 4. The highest BCUT2D eigenvalue weighted by atomic mass is 32.2. The van der Waals surface area contributed by atoms with Crippen LogP contribution in [0.2, 0.25) is 0 Å². The highest BCUT2D eigenvalue weighted by molar-refractivity contribution is 7.87. The Hall–Kier alpha value is -1.39. The minimum atomic E-state index is -6.21. The van der Waals surface area contributed by atoms with Crippen LogP contribution in [0, 0.1) is 0 Å². The van der Waals surface area contributed by atoms with E-state index in [0.717, 1.165) is 0 Å². The van der Waals surface area contributed by atoms with Crippen molar-refractivity contribution in [3.05, 3.63) is 29.8 Å². The van der Waals surface area contributed by atoms with Crippen LogP contribution in [0.5, 0.6) is 5.75 Å². The molecule has 144 valence electrons. The van der Waals surface area contributed by atoms with Gasteiger partial charge in [0.15, 0.2) is 0 Å². The summed E-state index contributed by atoms with van der Waals surface area (Å²) in [4.78, 5) is 0. The van der Waals surface area contributed by atoms with Crippen LogP contribution in [0.25, 0.3) is 0 Å². The van der Waals surface area contributed by atoms with Gasteiger partial charge in [-0.05, 0) is 38.0 Å². The first-order valence-electron chi connectivity index (χ1n) is 7.26. The first-order chi connectivity index (χ1) is 11.2. The van der Waals surface area contributed by atoms with E-state index < -0.39 is 39.7 Å². The summed E-state index contributed by atoms with van der Waals surface area (Å²) >= 11 is 0. The van der Waals surface area contributed by atoms with Crippen molar-refractivity contribution in [3.8, 4) is 5.75 Å². The molecule has 0 amide bonds. The van der Waals surface area contributed by atoms with Gasteiger partial charge in [0, 0.05) is 13.0 Å². The molecular weight excluding hydrogens is 368 g/mol. The molecule has 0 radical (unpaired) electrons. The molecule has 0 unspecified atom stereocenters. The van der Waals surface area contributed by atoms with E-state index in [1.54, 1.807) is 38.1 Å². The zero-order valence-corrected chi connectivity index (χ0v) is 14.7. The Kier molecular flexibility index (Phi) is 6.47. The van der Waals surface area contributed by atoms with Gasteiger partial charge >= 0.3 is 21.3 Å². The Morgan fingerprint density at radius 2 is 1.60 bits per heavy atom. The van der Waals surface area contributed by atoms with Gasteiger partial charge in [-0.25, -0.2) is 0 Å². The summed E-state index contributed by atoms with van der Waals surface area (Å²) in [7, 11) is -4.71. The second-order valence-electron chi connectivity index (χ2n) is 5.89. The van der Waals surface area contributed by atoms with Gasteiger partial charge < -0.3 is 9.47 Å². The molecule has 25 heavy (non-hydrogen) atoms. The second kappa shape index (κ2) is 7.46. The Bertz CT molecular complexity index is 672. The minimum Gasteiger partial charge on any atom is -0.497 e. The number of methoxy groups -OCH3 is 1. The normalized spacial score (nSPS) is 13.8. The lowest BCUT2D eigenvalue weighted by Crippen LogP contribution is -2.46. The summed E-state index contributed by atoms with van der Waals surface area (Å²) in [5.41, 5.74) is -0.170. The molecule has 0 aliphatic heterocycles. The molecule has 1 aromatic rings. The summed E-state index contributed by atoms with van der Waals surface area (Å²) in [6.07, 6.45) is -1.99. The molecule has 0 bridgehead atoms. The predicted molar refractivity (Wildman–Crippen MR) is 82.6 cm³/mol. The van der Waals surface area contributed by atoms with Gasteiger partial charge in [0.25, 0.3) is 0 Å². The first-order valence-corrected chi connectivity index (χ1v) is 8.70. The van der Waals surface area contributed by atoms with E-state index in [0.29, 0.717) is 11.3 Å². The van der Waals surface area contributed by atoms with Crippen molar-refractivity contribution in [1.29, 1.82) is 0 Å². The van der Waals surface area contributed by atoms with Gasteiger partial charge in [0.2, 0.25) is 0 Å². The van der Waals surface area contributed by atoms with E-state index in [4.69, 9.17) is 14.0 Å². The molecule has 1 aromatic carbocycles. The van der Waals surface area contributed by atoms with Gasteiger partial charge in [-0.1, -0.05) is 12.1 Å². The van der Waals surface area contributed by atoms with E-state index in [9.17, 15) is 26.0 Å². The van der Waals surface area contributed by atoms with Crippen LogP contribution >= 0.6 is 0 Å². The molecule has 1 rings (SSSR count). The van der Waals surface area contributed by atoms with Gasteiger partial charge in [-0.2, -0.15) is 26.0 Å². The van der Waals surface area contributed by atoms with Crippen LogP contribution in [0.15, 0.2) is 24.3 Å². The van der Waals surface area contributed by atoms with Crippen molar-refractivity contribution < 1.29 is 40.0 Å². The molecule has 0 aliphatic rings. The molecule has 0 saturated carbocycles. The van der Waals surface area contributed by atoms with Crippen molar-refractivity contribution >= 4 is 10.1 Å². The fourth-order valence-corrected chi connectivity index (χ4v) is 2.51. The molecule has 10 heteroatoms. The largest absolute Gasteiger partial charge is 0.497 e. The summed E-state index contributed by atoms with van der Waals surface area (Å²) in [6.45, 7) is 3.02. The zero-order chi connectivity index (χ0) is 19.5. The van der Waals surface area contributed by atoms with Gasteiger partial charge in [-0.3, -0.25) is 4.55 Å². The molecule has 0 spiro atoms. The molecule has 0 fully saturated rings. The number of hydrogen-bond donors (Lipinski definition) is 1. The average Bonchev–Trinajstić information content (AvgIpc) is 2.50. The predicted octanol–water partition coefficient (Wildman–Crippen LogP) is 3.84. The Balaban J connectivity index is 2.64. The first kappa shape index (κ1) is 21.7. The smallest absolute Gasteiger partial charge is 0.431 e. The Morgan fingerprint density at radius 3 is 2.04 bits per heavy atom. The van der Waals surface area contributed by atoms with Crippen molar-refractivity contribution in [3.63, 3.8) is 0 Å². The molecule has 0 aliphatic carbocycles. The SMILES string of the molecule is COc1ccc(C(C)(C)OCCCC(F)(F)C(F)(F)S(=O)(=O)O)cc1. The van der Waals surface area contributed by atoms with Crippen molar-refractivity contribution in [1.82, 2.24) is 0 Å². The maximum absolute atomic E-state index is 13.4. The lowest BCUT2D eigenvalue weighted by atomic mass is 9.98. The quantitative estimate of drug-likeness (QED) is 0.395. The maximum Gasteiger partial charge on any atom is 0.431 e. The van der Waals surface area contributed by atoms with Crippen LogP contribution in [0.1, 0.15) is 32.3 Å². The fourth-order valence-electron chi connectivity index (χ4n) is 2.03. The van der Waals surface area contributed by atoms with E-state index in [1.165, 1.54) is 7.11 Å². The summed E-state index contributed by atoms with van der Waals surface area (Å²) in [6, 6.07) is 6.78. The lowest BCUT2D eigenvalue weighted by Gasteiger charge is -2.27. The Morgan fingerprint density at radius 1 is 1.08 bits per heavy atom. The molecule has 0 heterocycles. The number of rotatable bonds is 9. The monoisotopic (exact) mass is 388 g/mol. The highest BCUT2D eigenvalue weighted by Gasteiger charge is 2.64. The topological polar surface area (TPSA) is 72.8 Å². The van der Waals surface area contributed by atoms with Crippen LogP contribution in [0.4, 0.5) is 17.6 Å². The second-order valence-corrected chi connectivity index (χ2v) is 7.35. The molecule has 0 aromatic heterocycles. The van der Waals surface area contributed by atoms with Gasteiger partial charge in [-0.15, -0.1) is 0 Å². The summed E-state index contributed by atoms with van der Waals surface area (Å²) < 4.78 is 92.4. The van der Waals surface area contributed by atoms with Gasteiger partial charge in [0.05, 0.1) is 12.7 Å². The van der Waals surface area contributed by atoms with Crippen molar-refractivity contribution in [2.75, 3.05) is 13.7 Å². The summed E-state index contributed by atoms with van der Waals surface area (Å²) in [5, 5.41) is -5.55. The van der Waals surface area contributed by atoms with Crippen molar-refractivity contribution in [2.45, 2.75) is 43.5 Å². The average molecular weight is 388 g/mol.